The van der Waals surface area contributed by atoms with Crippen molar-refractivity contribution >= 4 is 27.0 Å². The Labute approximate surface area is 85.1 Å². The molecular weight excluding hydrogens is 228 g/mol. The van der Waals surface area contributed by atoms with Gasteiger partial charge < -0.3 is 0 Å². The lowest BCUT2D eigenvalue weighted by molar-refractivity contribution is 1.05. The third kappa shape index (κ3) is 1.86. The molecule has 1 aromatic heterocycles. The number of hydrogen-bond donors (Lipinski definition) is 0. The van der Waals surface area contributed by atoms with Gasteiger partial charge in [-0.2, -0.15) is 0 Å². The first kappa shape index (κ1) is 8.63. The number of halogens is 1. The van der Waals surface area contributed by atoms with Gasteiger partial charge in [-0.05, 0) is 12.1 Å². The lowest BCUT2D eigenvalue weighted by atomic mass is 10.3. The minimum Gasteiger partial charge on any atom is -0.253 e. The molecule has 0 unspecified atom stereocenters. The minimum atomic E-state index is 0.928. The van der Waals surface area contributed by atoms with Crippen LogP contribution >= 0.6 is 15.9 Å². The Morgan fingerprint density at radius 1 is 1.15 bits per heavy atom. The first-order valence-corrected chi connectivity index (χ1v) is 5.29. The molecule has 0 atom stereocenters. The van der Waals surface area contributed by atoms with Gasteiger partial charge in [0.2, 0.25) is 0 Å². The maximum atomic E-state index is 4.47. The van der Waals surface area contributed by atoms with Gasteiger partial charge in [0.25, 0.3) is 0 Å². The highest BCUT2D eigenvalue weighted by Crippen LogP contribution is 2.08. The zero-order chi connectivity index (χ0) is 9.10. The predicted octanol–water partition coefficient (Wildman–Crippen LogP) is 2.57. The van der Waals surface area contributed by atoms with Crippen LogP contribution in [0.5, 0.6) is 0 Å². The largest absolute Gasteiger partial charge is 0.253 e. The Morgan fingerprint density at radius 3 is 2.69 bits per heavy atom. The second-order valence-corrected chi connectivity index (χ2v) is 3.58. The Kier molecular flexibility index (Phi) is 2.54. The summed E-state index contributed by atoms with van der Waals surface area (Å²) >= 11 is 3.38. The lowest BCUT2D eigenvalue weighted by Crippen LogP contribution is -1.93. The van der Waals surface area contributed by atoms with E-state index in [0.29, 0.717) is 0 Å². The molecule has 1 heterocycles. The standard InChI is InChI=1S/C10H9BrN2/c11-6-5-8-7-12-9-3-1-2-4-10(9)13-8/h1-4,7H,5-6H2. The molecule has 0 fully saturated rings. The molecule has 0 aliphatic rings. The fourth-order valence-corrected chi connectivity index (χ4v) is 1.62. The molecule has 0 saturated heterocycles. The number of aryl methyl sites for hydroxylation is 1. The lowest BCUT2D eigenvalue weighted by Gasteiger charge is -1.99. The summed E-state index contributed by atoms with van der Waals surface area (Å²) in [6.45, 7) is 0. The van der Waals surface area contributed by atoms with Crippen LogP contribution in [0, 0.1) is 0 Å². The molecule has 2 rings (SSSR count). The highest BCUT2D eigenvalue weighted by molar-refractivity contribution is 9.09. The molecule has 0 amide bonds. The summed E-state index contributed by atoms with van der Waals surface area (Å²) in [4.78, 5) is 8.79. The number of benzene rings is 1. The second-order valence-electron chi connectivity index (χ2n) is 2.79. The highest BCUT2D eigenvalue weighted by Gasteiger charge is 1.97. The van der Waals surface area contributed by atoms with Crippen LogP contribution in [0.1, 0.15) is 5.69 Å². The molecule has 0 saturated carbocycles. The predicted molar refractivity (Wildman–Crippen MR) is 57.0 cm³/mol. The van der Waals surface area contributed by atoms with Crippen molar-refractivity contribution in [2.75, 3.05) is 5.33 Å². The highest BCUT2D eigenvalue weighted by atomic mass is 79.9. The van der Waals surface area contributed by atoms with Crippen LogP contribution in [0.3, 0.4) is 0 Å². The molecule has 0 aliphatic carbocycles. The van der Waals surface area contributed by atoms with Crippen molar-refractivity contribution in [2.45, 2.75) is 6.42 Å². The van der Waals surface area contributed by atoms with Crippen molar-refractivity contribution in [1.29, 1.82) is 0 Å². The van der Waals surface area contributed by atoms with E-state index >= 15 is 0 Å². The molecule has 1 aromatic carbocycles. The topological polar surface area (TPSA) is 25.8 Å². The summed E-state index contributed by atoms with van der Waals surface area (Å²) in [5.41, 5.74) is 2.97. The second kappa shape index (κ2) is 3.83. The van der Waals surface area contributed by atoms with E-state index in [9.17, 15) is 0 Å². The van der Waals surface area contributed by atoms with E-state index in [1.165, 1.54) is 0 Å². The summed E-state index contributed by atoms with van der Waals surface area (Å²) in [6, 6.07) is 7.91. The van der Waals surface area contributed by atoms with Crippen LogP contribution < -0.4 is 0 Å². The fraction of sp³-hybridized carbons (Fsp3) is 0.200. The average molecular weight is 237 g/mol. The zero-order valence-corrected chi connectivity index (χ0v) is 8.66. The van der Waals surface area contributed by atoms with Gasteiger partial charge in [-0.1, -0.05) is 28.1 Å². The third-order valence-electron chi connectivity index (χ3n) is 1.85. The number of alkyl halides is 1. The van der Waals surface area contributed by atoms with Gasteiger partial charge in [0.15, 0.2) is 0 Å². The van der Waals surface area contributed by atoms with Crippen LogP contribution in [0.15, 0.2) is 30.5 Å². The van der Waals surface area contributed by atoms with Crippen LogP contribution in [0.4, 0.5) is 0 Å². The molecule has 2 aromatic rings. The molecule has 0 radical (unpaired) electrons. The number of hydrogen-bond acceptors (Lipinski definition) is 2. The van der Waals surface area contributed by atoms with Crippen LogP contribution in [0.2, 0.25) is 0 Å². The molecule has 0 bridgehead atoms. The van der Waals surface area contributed by atoms with Crippen LogP contribution in [-0.2, 0) is 6.42 Å². The van der Waals surface area contributed by atoms with Crippen molar-refractivity contribution < 1.29 is 0 Å². The van der Waals surface area contributed by atoms with Gasteiger partial charge in [0.1, 0.15) is 0 Å². The van der Waals surface area contributed by atoms with Crippen molar-refractivity contribution in [1.82, 2.24) is 9.97 Å². The Morgan fingerprint density at radius 2 is 1.92 bits per heavy atom. The molecule has 13 heavy (non-hydrogen) atoms. The SMILES string of the molecule is BrCCc1cnc2ccccc2n1. The van der Waals surface area contributed by atoms with E-state index in [1.807, 2.05) is 30.5 Å². The van der Waals surface area contributed by atoms with Gasteiger partial charge in [0.05, 0.1) is 16.7 Å². The van der Waals surface area contributed by atoms with Gasteiger partial charge in [0, 0.05) is 17.9 Å². The van der Waals surface area contributed by atoms with Gasteiger partial charge >= 0.3 is 0 Å². The first-order valence-electron chi connectivity index (χ1n) is 4.17. The quantitative estimate of drug-likeness (QED) is 0.750. The molecule has 0 N–H and O–H groups in total. The van der Waals surface area contributed by atoms with E-state index in [-0.39, 0.29) is 0 Å². The molecule has 0 aliphatic heterocycles. The summed E-state index contributed by atoms with van der Waals surface area (Å²) < 4.78 is 0. The summed E-state index contributed by atoms with van der Waals surface area (Å²) in [5.74, 6) is 0. The van der Waals surface area contributed by atoms with E-state index in [2.05, 4.69) is 25.9 Å². The van der Waals surface area contributed by atoms with E-state index in [0.717, 1.165) is 28.5 Å². The summed E-state index contributed by atoms with van der Waals surface area (Å²) in [6.07, 6.45) is 2.77. The molecule has 3 heteroatoms. The average Bonchev–Trinajstić information content (AvgIpc) is 2.18. The fourth-order valence-electron chi connectivity index (χ4n) is 1.21. The smallest absolute Gasteiger partial charge is 0.0890 e. The summed E-state index contributed by atoms with van der Waals surface area (Å²) in [7, 11) is 0. The van der Waals surface area contributed by atoms with Gasteiger partial charge in [-0.15, -0.1) is 0 Å². The van der Waals surface area contributed by atoms with Crippen molar-refractivity contribution in [3.8, 4) is 0 Å². The summed E-state index contributed by atoms with van der Waals surface area (Å²) in [5, 5.41) is 0.931. The monoisotopic (exact) mass is 236 g/mol. The van der Waals surface area contributed by atoms with E-state index < -0.39 is 0 Å². The van der Waals surface area contributed by atoms with E-state index in [1.54, 1.807) is 0 Å². The van der Waals surface area contributed by atoms with E-state index in [4.69, 9.17) is 0 Å². The Bertz CT molecular complexity index is 414. The number of fused-ring (bicyclic) bond motifs is 1. The molecule has 66 valence electrons. The van der Waals surface area contributed by atoms with Crippen LogP contribution in [-0.4, -0.2) is 15.3 Å². The Hall–Kier alpha value is -0.960. The first-order chi connectivity index (χ1) is 6.40. The number of para-hydroxylation sites is 2. The number of aromatic nitrogens is 2. The minimum absolute atomic E-state index is 0.928. The third-order valence-corrected chi connectivity index (χ3v) is 2.25. The Balaban J connectivity index is 2.49. The molecular formula is C10H9BrN2. The van der Waals surface area contributed by atoms with Crippen molar-refractivity contribution in [2.24, 2.45) is 0 Å². The normalized spacial score (nSPS) is 10.5. The molecule has 0 spiro atoms. The van der Waals surface area contributed by atoms with Gasteiger partial charge in [-0.3, -0.25) is 4.98 Å². The van der Waals surface area contributed by atoms with Crippen molar-refractivity contribution in [3.05, 3.63) is 36.2 Å². The van der Waals surface area contributed by atoms with Crippen LogP contribution in [0.25, 0.3) is 11.0 Å². The van der Waals surface area contributed by atoms with Gasteiger partial charge in [-0.25, -0.2) is 4.98 Å². The maximum absolute atomic E-state index is 4.47. The zero-order valence-electron chi connectivity index (χ0n) is 7.07. The molecule has 2 nitrogen and oxygen atoms in total. The number of nitrogens with zero attached hydrogens (tertiary/aromatic N) is 2. The van der Waals surface area contributed by atoms with Crippen molar-refractivity contribution in [3.63, 3.8) is 0 Å². The maximum Gasteiger partial charge on any atom is 0.0890 e. The number of rotatable bonds is 2.